The molecule has 3 atom stereocenters. The summed E-state index contributed by atoms with van der Waals surface area (Å²) in [5.74, 6) is -0.827. The summed E-state index contributed by atoms with van der Waals surface area (Å²) >= 11 is 0. The van der Waals surface area contributed by atoms with Crippen molar-refractivity contribution in [3.63, 3.8) is 0 Å². The molecular formula is C13H22N2O3. The molecule has 0 radical (unpaired) electrons. The summed E-state index contributed by atoms with van der Waals surface area (Å²) < 4.78 is 0. The molecule has 0 aromatic rings. The maximum absolute atomic E-state index is 12.5. The van der Waals surface area contributed by atoms with Gasteiger partial charge in [-0.2, -0.15) is 0 Å². The van der Waals surface area contributed by atoms with E-state index < -0.39 is 5.97 Å². The molecule has 0 aromatic heterocycles. The van der Waals surface area contributed by atoms with E-state index in [-0.39, 0.29) is 30.3 Å². The predicted molar refractivity (Wildman–Crippen MR) is 66.9 cm³/mol. The smallest absolute Gasteiger partial charge is 0.305 e. The Kier molecular flexibility index (Phi) is 4.22. The first-order valence-electron chi connectivity index (χ1n) is 6.87. The van der Waals surface area contributed by atoms with E-state index in [9.17, 15) is 9.59 Å². The number of hydrogen-bond acceptors (Lipinski definition) is 3. The highest BCUT2D eigenvalue weighted by Gasteiger charge is 2.37. The minimum absolute atomic E-state index is 0.0441. The first-order chi connectivity index (χ1) is 8.59. The molecule has 2 fully saturated rings. The Hall–Kier alpha value is -1.10. The van der Waals surface area contributed by atoms with Gasteiger partial charge in [-0.3, -0.25) is 9.59 Å². The van der Waals surface area contributed by atoms with E-state index in [1.54, 1.807) is 4.90 Å². The fraction of sp³-hybridized carbons (Fsp3) is 0.846. The summed E-state index contributed by atoms with van der Waals surface area (Å²) in [6.45, 7) is 0.694. The van der Waals surface area contributed by atoms with Crippen LogP contribution in [0.15, 0.2) is 0 Å². The molecule has 1 heterocycles. The van der Waals surface area contributed by atoms with Gasteiger partial charge in [-0.1, -0.05) is 12.8 Å². The third kappa shape index (κ3) is 2.83. The highest BCUT2D eigenvalue weighted by Crippen LogP contribution is 2.29. The zero-order valence-electron chi connectivity index (χ0n) is 10.7. The monoisotopic (exact) mass is 254 g/mol. The summed E-state index contributed by atoms with van der Waals surface area (Å²) in [6.07, 6.45) is 5.70. The fourth-order valence-corrected chi connectivity index (χ4v) is 3.22. The molecule has 1 aliphatic carbocycles. The average molecular weight is 254 g/mol. The molecule has 1 saturated heterocycles. The van der Waals surface area contributed by atoms with Crippen molar-refractivity contribution in [3.05, 3.63) is 0 Å². The first kappa shape index (κ1) is 13.3. The summed E-state index contributed by atoms with van der Waals surface area (Å²) in [4.78, 5) is 25.0. The maximum Gasteiger partial charge on any atom is 0.305 e. The molecule has 3 N–H and O–H groups in total. The van der Waals surface area contributed by atoms with E-state index >= 15 is 0 Å². The van der Waals surface area contributed by atoms with Gasteiger partial charge < -0.3 is 15.7 Å². The van der Waals surface area contributed by atoms with E-state index in [1.807, 2.05) is 0 Å². The van der Waals surface area contributed by atoms with Crippen molar-refractivity contribution in [1.82, 2.24) is 4.90 Å². The second kappa shape index (κ2) is 5.69. The molecule has 2 rings (SSSR count). The molecule has 5 heteroatoms. The van der Waals surface area contributed by atoms with Gasteiger partial charge in [-0.15, -0.1) is 0 Å². The molecule has 3 unspecified atom stereocenters. The van der Waals surface area contributed by atoms with Crippen LogP contribution < -0.4 is 5.73 Å². The van der Waals surface area contributed by atoms with Crippen LogP contribution in [-0.4, -0.2) is 40.5 Å². The molecule has 1 amide bonds. The van der Waals surface area contributed by atoms with E-state index in [2.05, 4.69) is 0 Å². The Bertz CT molecular complexity index is 332. The lowest BCUT2D eigenvalue weighted by molar-refractivity contribution is -0.142. The van der Waals surface area contributed by atoms with E-state index in [1.165, 1.54) is 0 Å². The van der Waals surface area contributed by atoms with Crippen molar-refractivity contribution in [2.75, 3.05) is 6.54 Å². The normalized spacial score (nSPS) is 32.5. The van der Waals surface area contributed by atoms with Crippen LogP contribution in [0.1, 0.15) is 44.9 Å². The van der Waals surface area contributed by atoms with Crippen molar-refractivity contribution < 1.29 is 14.7 Å². The van der Waals surface area contributed by atoms with Crippen LogP contribution in [0.25, 0.3) is 0 Å². The third-order valence-electron chi connectivity index (χ3n) is 4.21. The van der Waals surface area contributed by atoms with Gasteiger partial charge in [0.25, 0.3) is 0 Å². The van der Waals surface area contributed by atoms with Gasteiger partial charge in [0.05, 0.1) is 12.3 Å². The topological polar surface area (TPSA) is 83.6 Å². The molecule has 5 nitrogen and oxygen atoms in total. The minimum Gasteiger partial charge on any atom is -0.481 e. The number of nitrogens with zero attached hydrogens (tertiary/aromatic N) is 1. The standard InChI is InChI=1S/C13H22N2O3/c14-11-6-2-1-5-10(11)13(18)15-7-3-4-9(15)8-12(16)17/h9-11H,1-8,14H2,(H,16,17). The molecule has 0 aromatic carbocycles. The number of likely N-dealkylation sites (tertiary alicyclic amines) is 1. The molecule has 2 aliphatic rings. The number of amides is 1. The Morgan fingerprint density at radius 3 is 2.56 bits per heavy atom. The number of nitrogens with two attached hydrogens (primary N) is 1. The lowest BCUT2D eigenvalue weighted by Gasteiger charge is -2.33. The van der Waals surface area contributed by atoms with Gasteiger partial charge in [0.1, 0.15) is 0 Å². The van der Waals surface area contributed by atoms with E-state index in [4.69, 9.17) is 10.8 Å². The summed E-state index contributed by atoms with van der Waals surface area (Å²) in [5.41, 5.74) is 6.03. The van der Waals surface area contributed by atoms with Crippen molar-refractivity contribution in [1.29, 1.82) is 0 Å². The lowest BCUT2D eigenvalue weighted by atomic mass is 9.84. The van der Waals surface area contributed by atoms with Crippen molar-refractivity contribution in [2.24, 2.45) is 11.7 Å². The zero-order chi connectivity index (χ0) is 13.1. The van der Waals surface area contributed by atoms with Crippen LogP contribution >= 0.6 is 0 Å². The number of carbonyl (C=O) groups excluding carboxylic acids is 1. The van der Waals surface area contributed by atoms with Crippen molar-refractivity contribution >= 4 is 11.9 Å². The largest absolute Gasteiger partial charge is 0.481 e. The minimum atomic E-state index is -0.826. The SMILES string of the molecule is NC1CCCCC1C(=O)N1CCCC1CC(=O)O. The van der Waals surface area contributed by atoms with Crippen LogP contribution in [0, 0.1) is 5.92 Å². The Morgan fingerprint density at radius 1 is 1.17 bits per heavy atom. The highest BCUT2D eigenvalue weighted by atomic mass is 16.4. The van der Waals surface area contributed by atoms with Crippen molar-refractivity contribution in [3.8, 4) is 0 Å². The summed E-state index contributed by atoms with van der Waals surface area (Å²) in [7, 11) is 0. The molecule has 18 heavy (non-hydrogen) atoms. The fourth-order valence-electron chi connectivity index (χ4n) is 3.22. The second-order valence-corrected chi connectivity index (χ2v) is 5.48. The first-order valence-corrected chi connectivity index (χ1v) is 6.87. The van der Waals surface area contributed by atoms with E-state index in [0.717, 1.165) is 38.5 Å². The summed E-state index contributed by atoms with van der Waals surface area (Å²) in [5, 5.41) is 8.87. The molecule has 0 spiro atoms. The van der Waals surface area contributed by atoms with Gasteiger partial charge in [0.15, 0.2) is 0 Å². The molecule has 102 valence electrons. The van der Waals surface area contributed by atoms with Gasteiger partial charge in [-0.25, -0.2) is 0 Å². The Morgan fingerprint density at radius 2 is 1.89 bits per heavy atom. The number of carboxylic acids is 1. The van der Waals surface area contributed by atoms with Gasteiger partial charge >= 0.3 is 5.97 Å². The Labute approximate surface area is 107 Å². The number of hydrogen-bond donors (Lipinski definition) is 2. The average Bonchev–Trinajstić information content (AvgIpc) is 2.76. The molecular weight excluding hydrogens is 232 g/mol. The van der Waals surface area contributed by atoms with E-state index in [0.29, 0.717) is 6.54 Å². The van der Waals surface area contributed by atoms with Crippen molar-refractivity contribution in [2.45, 2.75) is 57.0 Å². The Balaban J connectivity index is 2.00. The van der Waals surface area contributed by atoms with Gasteiger partial charge in [0, 0.05) is 18.6 Å². The van der Waals surface area contributed by atoms with Crippen LogP contribution in [0.4, 0.5) is 0 Å². The second-order valence-electron chi connectivity index (χ2n) is 5.48. The lowest BCUT2D eigenvalue weighted by Crippen LogP contribution is -2.47. The van der Waals surface area contributed by atoms with Crippen LogP contribution in [-0.2, 0) is 9.59 Å². The van der Waals surface area contributed by atoms with Gasteiger partial charge in [0.2, 0.25) is 5.91 Å². The molecule has 0 bridgehead atoms. The van der Waals surface area contributed by atoms with Crippen LogP contribution in [0.3, 0.4) is 0 Å². The predicted octanol–water partition coefficient (Wildman–Crippen LogP) is 0.970. The van der Waals surface area contributed by atoms with Gasteiger partial charge in [-0.05, 0) is 25.7 Å². The number of carboxylic acid groups (broad SMARTS) is 1. The zero-order valence-corrected chi connectivity index (χ0v) is 10.7. The maximum atomic E-state index is 12.5. The third-order valence-corrected chi connectivity index (χ3v) is 4.21. The molecule has 1 aliphatic heterocycles. The quantitative estimate of drug-likeness (QED) is 0.786. The summed E-state index contributed by atoms with van der Waals surface area (Å²) in [6, 6.07) is -0.165. The highest BCUT2D eigenvalue weighted by molar-refractivity contribution is 5.81. The van der Waals surface area contributed by atoms with Crippen LogP contribution in [0.5, 0.6) is 0 Å². The van der Waals surface area contributed by atoms with Crippen LogP contribution in [0.2, 0.25) is 0 Å². The molecule has 1 saturated carbocycles. The number of carbonyl (C=O) groups is 2. The number of rotatable bonds is 3. The number of aliphatic carboxylic acids is 1.